The van der Waals surface area contributed by atoms with Gasteiger partial charge < -0.3 is 4.48 Å². The van der Waals surface area contributed by atoms with Crippen molar-refractivity contribution in [1.29, 1.82) is 0 Å². The average Bonchev–Trinajstić information content (AvgIpc) is 2.45. The van der Waals surface area contributed by atoms with Crippen LogP contribution in [0.4, 0.5) is 0 Å². The molecule has 0 amide bonds. The van der Waals surface area contributed by atoms with Crippen LogP contribution in [0, 0.1) is 0 Å². The van der Waals surface area contributed by atoms with Crippen molar-refractivity contribution in [3.63, 3.8) is 0 Å². The van der Waals surface area contributed by atoms with Crippen LogP contribution in [0.2, 0.25) is 0 Å². The second-order valence-corrected chi connectivity index (χ2v) is 6.25. The molecule has 116 valence electrons. The van der Waals surface area contributed by atoms with E-state index in [1.54, 1.807) is 0 Å². The highest BCUT2D eigenvalue weighted by molar-refractivity contribution is 4.48. The minimum absolute atomic E-state index is 1.33. The lowest BCUT2D eigenvalue weighted by atomic mass is 10.1. The Labute approximate surface area is 123 Å². The Balaban J connectivity index is 3.81. The Kier molecular flexibility index (Phi) is 12.9. The van der Waals surface area contributed by atoms with Crippen molar-refractivity contribution in [2.24, 2.45) is 0 Å². The van der Waals surface area contributed by atoms with E-state index in [1.807, 2.05) is 0 Å². The number of hydrogen-bond donors (Lipinski definition) is 0. The van der Waals surface area contributed by atoms with Crippen LogP contribution < -0.4 is 0 Å². The van der Waals surface area contributed by atoms with Crippen LogP contribution in [-0.4, -0.2) is 30.7 Å². The summed E-state index contributed by atoms with van der Waals surface area (Å²) in [7, 11) is 0. The zero-order chi connectivity index (χ0) is 14.4. The zero-order valence-electron chi connectivity index (χ0n) is 14.3. The van der Waals surface area contributed by atoms with Gasteiger partial charge in [0, 0.05) is 0 Å². The van der Waals surface area contributed by atoms with Crippen LogP contribution in [0.3, 0.4) is 0 Å². The van der Waals surface area contributed by atoms with Gasteiger partial charge in [-0.25, -0.2) is 0 Å². The molecule has 0 aromatic heterocycles. The van der Waals surface area contributed by atoms with Gasteiger partial charge in [0.05, 0.1) is 26.2 Å². The summed E-state index contributed by atoms with van der Waals surface area (Å²) in [5, 5.41) is 0. The van der Waals surface area contributed by atoms with Crippen molar-refractivity contribution in [3.05, 3.63) is 0 Å². The van der Waals surface area contributed by atoms with E-state index >= 15 is 0 Å². The topological polar surface area (TPSA) is 0 Å². The third-order valence-corrected chi connectivity index (χ3v) is 4.81. The fourth-order valence-corrected chi connectivity index (χ4v) is 3.07. The van der Waals surface area contributed by atoms with E-state index in [-0.39, 0.29) is 0 Å². The molecule has 1 heteroatoms. The molecule has 0 aliphatic carbocycles. The maximum Gasteiger partial charge on any atom is 0.0786 e. The first-order valence-electron chi connectivity index (χ1n) is 9.09. The molecule has 0 radical (unpaired) electrons. The maximum absolute atomic E-state index is 2.39. The Hall–Kier alpha value is -0.0400. The number of nitrogens with zero attached hydrogens (tertiary/aromatic N) is 1. The Morgan fingerprint density at radius 1 is 0.474 bits per heavy atom. The summed E-state index contributed by atoms with van der Waals surface area (Å²) < 4.78 is 1.37. The summed E-state index contributed by atoms with van der Waals surface area (Å²) in [6, 6.07) is 0. The highest BCUT2D eigenvalue weighted by atomic mass is 15.3. The molecule has 0 aliphatic heterocycles. The molecular formula is C18H40N+. The largest absolute Gasteiger partial charge is 0.324 e. The van der Waals surface area contributed by atoms with Crippen molar-refractivity contribution in [3.8, 4) is 0 Å². The lowest BCUT2D eigenvalue weighted by Crippen LogP contribution is -2.49. The molecule has 0 atom stereocenters. The first kappa shape index (κ1) is 19.0. The van der Waals surface area contributed by atoms with Crippen molar-refractivity contribution >= 4 is 0 Å². The summed E-state index contributed by atoms with van der Waals surface area (Å²) in [4.78, 5) is 0. The van der Waals surface area contributed by atoms with Crippen molar-refractivity contribution in [1.82, 2.24) is 0 Å². The summed E-state index contributed by atoms with van der Waals surface area (Å²) in [5.74, 6) is 0. The molecule has 0 spiro atoms. The summed E-state index contributed by atoms with van der Waals surface area (Å²) in [6.45, 7) is 14.9. The predicted molar refractivity (Wildman–Crippen MR) is 88.6 cm³/mol. The van der Waals surface area contributed by atoms with Gasteiger partial charge in [0.25, 0.3) is 0 Å². The van der Waals surface area contributed by atoms with Crippen LogP contribution in [0.25, 0.3) is 0 Å². The molecule has 0 bridgehead atoms. The lowest BCUT2D eigenvalue weighted by Gasteiger charge is -2.37. The normalized spacial score (nSPS) is 12.0. The standard InChI is InChI=1S/C18H40N/c1-5-9-11-13-14-16-18-19(7-3,8-4)17-15-12-10-6-2/h5-18H2,1-4H3/q+1. The van der Waals surface area contributed by atoms with E-state index in [1.165, 1.54) is 94.9 Å². The molecule has 1 nitrogen and oxygen atoms in total. The van der Waals surface area contributed by atoms with Crippen molar-refractivity contribution < 1.29 is 4.48 Å². The van der Waals surface area contributed by atoms with E-state index in [4.69, 9.17) is 0 Å². The van der Waals surface area contributed by atoms with Crippen molar-refractivity contribution in [2.45, 2.75) is 91.9 Å². The van der Waals surface area contributed by atoms with E-state index in [2.05, 4.69) is 27.7 Å². The zero-order valence-corrected chi connectivity index (χ0v) is 14.3. The minimum Gasteiger partial charge on any atom is -0.324 e. The smallest absolute Gasteiger partial charge is 0.0786 e. The molecule has 0 unspecified atom stereocenters. The maximum atomic E-state index is 2.39. The predicted octanol–water partition coefficient (Wildman–Crippen LogP) is 5.78. The summed E-state index contributed by atoms with van der Waals surface area (Å²) in [6.07, 6.45) is 14.2. The SMILES string of the molecule is CCCCCCCC[N+](CC)(CC)CCCCCC. The molecule has 19 heavy (non-hydrogen) atoms. The molecular weight excluding hydrogens is 230 g/mol. The third-order valence-electron chi connectivity index (χ3n) is 4.81. The Bertz CT molecular complexity index is 173. The van der Waals surface area contributed by atoms with Gasteiger partial charge in [0.1, 0.15) is 0 Å². The van der Waals surface area contributed by atoms with Gasteiger partial charge in [0.15, 0.2) is 0 Å². The van der Waals surface area contributed by atoms with Gasteiger partial charge in [-0.05, 0) is 39.5 Å². The molecule has 0 aromatic carbocycles. The average molecular weight is 271 g/mol. The van der Waals surface area contributed by atoms with Crippen LogP contribution >= 0.6 is 0 Å². The second kappa shape index (κ2) is 13.0. The van der Waals surface area contributed by atoms with Crippen LogP contribution in [0.15, 0.2) is 0 Å². The van der Waals surface area contributed by atoms with Crippen LogP contribution in [0.1, 0.15) is 91.9 Å². The Morgan fingerprint density at radius 2 is 0.842 bits per heavy atom. The highest BCUT2D eigenvalue weighted by Crippen LogP contribution is 2.14. The van der Waals surface area contributed by atoms with Gasteiger partial charge in [-0.2, -0.15) is 0 Å². The van der Waals surface area contributed by atoms with E-state index < -0.39 is 0 Å². The van der Waals surface area contributed by atoms with Crippen molar-refractivity contribution in [2.75, 3.05) is 26.2 Å². The molecule has 0 aromatic rings. The van der Waals surface area contributed by atoms with E-state index in [9.17, 15) is 0 Å². The van der Waals surface area contributed by atoms with Gasteiger partial charge in [-0.3, -0.25) is 0 Å². The molecule has 0 N–H and O–H groups in total. The quantitative estimate of drug-likeness (QED) is 0.277. The van der Waals surface area contributed by atoms with Crippen LogP contribution in [-0.2, 0) is 0 Å². The van der Waals surface area contributed by atoms with Crippen LogP contribution in [0.5, 0.6) is 0 Å². The number of quaternary nitrogens is 1. The Morgan fingerprint density at radius 3 is 1.26 bits per heavy atom. The van der Waals surface area contributed by atoms with E-state index in [0.717, 1.165) is 0 Å². The van der Waals surface area contributed by atoms with Gasteiger partial charge >= 0.3 is 0 Å². The monoisotopic (exact) mass is 270 g/mol. The molecule has 0 saturated carbocycles. The summed E-state index contributed by atoms with van der Waals surface area (Å²) in [5.41, 5.74) is 0. The molecule has 0 rings (SSSR count). The van der Waals surface area contributed by atoms with Gasteiger partial charge in [-0.1, -0.05) is 52.4 Å². The lowest BCUT2D eigenvalue weighted by molar-refractivity contribution is -0.925. The fraction of sp³-hybridized carbons (Fsp3) is 1.00. The number of hydrogen-bond acceptors (Lipinski definition) is 0. The second-order valence-electron chi connectivity index (χ2n) is 6.25. The van der Waals surface area contributed by atoms with Gasteiger partial charge in [0.2, 0.25) is 0 Å². The first-order chi connectivity index (χ1) is 9.24. The fourth-order valence-electron chi connectivity index (χ4n) is 3.07. The molecule has 0 heterocycles. The summed E-state index contributed by atoms with van der Waals surface area (Å²) >= 11 is 0. The number of unbranched alkanes of at least 4 members (excludes halogenated alkanes) is 8. The first-order valence-corrected chi connectivity index (χ1v) is 9.09. The van der Waals surface area contributed by atoms with Gasteiger partial charge in [-0.15, -0.1) is 0 Å². The number of rotatable bonds is 14. The molecule has 0 saturated heterocycles. The third kappa shape index (κ3) is 9.49. The molecule has 0 fully saturated rings. The molecule has 0 aliphatic rings. The minimum atomic E-state index is 1.33. The van der Waals surface area contributed by atoms with E-state index in [0.29, 0.717) is 0 Å². The highest BCUT2D eigenvalue weighted by Gasteiger charge is 2.21.